The van der Waals surface area contributed by atoms with Gasteiger partial charge in [-0.15, -0.1) is 5.73 Å². The van der Waals surface area contributed by atoms with Crippen LogP contribution in [0.3, 0.4) is 0 Å². The van der Waals surface area contributed by atoms with Crippen molar-refractivity contribution in [3.63, 3.8) is 0 Å². The fourth-order valence-electron chi connectivity index (χ4n) is 1.02. The minimum Gasteiger partial charge on any atom is -0.498 e. The van der Waals surface area contributed by atoms with Crippen molar-refractivity contribution >= 4 is 0 Å². The lowest BCUT2D eigenvalue weighted by Crippen LogP contribution is -1.79. The first-order chi connectivity index (χ1) is 5.33. The van der Waals surface area contributed by atoms with Crippen LogP contribution in [0, 0.1) is 0 Å². The van der Waals surface area contributed by atoms with Gasteiger partial charge in [0.15, 0.2) is 0 Å². The highest BCUT2D eigenvalue weighted by Gasteiger charge is 2.05. The summed E-state index contributed by atoms with van der Waals surface area (Å²) in [7, 11) is 0. The summed E-state index contributed by atoms with van der Waals surface area (Å²) >= 11 is 0. The Hall–Kier alpha value is -1.20. The molecule has 1 nitrogen and oxygen atoms in total. The highest BCUT2D eigenvalue weighted by molar-refractivity contribution is 5.28. The highest BCUT2D eigenvalue weighted by Crippen LogP contribution is 2.17. The largest absolute Gasteiger partial charge is 0.498 e. The van der Waals surface area contributed by atoms with E-state index in [1.54, 1.807) is 6.08 Å². The summed E-state index contributed by atoms with van der Waals surface area (Å²) in [5, 5.41) is 0. The first-order valence-electron chi connectivity index (χ1n) is 3.71. The Bertz CT molecular complexity index is 221. The quantitative estimate of drug-likeness (QED) is 0.432. The molecule has 0 bridgehead atoms. The Labute approximate surface area is 67.4 Å². The SMILES string of the molecule is C=C=CC(=C)/C=C1\CCCO1. The number of ether oxygens (including phenoxy) is 1. The second-order valence-electron chi connectivity index (χ2n) is 2.49. The van der Waals surface area contributed by atoms with Crippen molar-refractivity contribution in [2.45, 2.75) is 12.8 Å². The lowest BCUT2D eigenvalue weighted by atomic mass is 10.2. The molecule has 1 aliphatic heterocycles. The maximum atomic E-state index is 5.30. The number of rotatable bonds is 2. The molecule has 0 amide bonds. The van der Waals surface area contributed by atoms with E-state index >= 15 is 0 Å². The third kappa shape index (κ3) is 2.48. The van der Waals surface area contributed by atoms with Gasteiger partial charge in [-0.1, -0.05) is 13.2 Å². The molecule has 1 rings (SSSR count). The van der Waals surface area contributed by atoms with E-state index in [1.807, 2.05) is 6.08 Å². The van der Waals surface area contributed by atoms with E-state index in [-0.39, 0.29) is 0 Å². The van der Waals surface area contributed by atoms with Gasteiger partial charge in [-0.05, 0) is 24.1 Å². The van der Waals surface area contributed by atoms with Crippen molar-refractivity contribution in [3.05, 3.63) is 42.4 Å². The van der Waals surface area contributed by atoms with Gasteiger partial charge in [-0.2, -0.15) is 0 Å². The molecule has 0 unspecified atom stereocenters. The molecule has 11 heavy (non-hydrogen) atoms. The first-order valence-corrected chi connectivity index (χ1v) is 3.71. The zero-order chi connectivity index (χ0) is 8.10. The summed E-state index contributed by atoms with van der Waals surface area (Å²) in [5.74, 6) is 1.03. The van der Waals surface area contributed by atoms with Crippen LogP contribution in [-0.2, 0) is 4.74 Å². The Morgan fingerprint density at radius 2 is 2.45 bits per heavy atom. The predicted molar refractivity (Wildman–Crippen MR) is 46.1 cm³/mol. The van der Waals surface area contributed by atoms with Gasteiger partial charge in [0.2, 0.25) is 0 Å². The second-order valence-corrected chi connectivity index (χ2v) is 2.49. The molecule has 1 fully saturated rings. The van der Waals surface area contributed by atoms with Crippen molar-refractivity contribution in [2.75, 3.05) is 6.61 Å². The maximum Gasteiger partial charge on any atom is 0.0966 e. The summed E-state index contributed by atoms with van der Waals surface area (Å²) in [6.45, 7) is 8.10. The average Bonchev–Trinajstić information content (AvgIpc) is 2.40. The minimum absolute atomic E-state index is 0.844. The van der Waals surface area contributed by atoms with Crippen molar-refractivity contribution in [3.8, 4) is 0 Å². The van der Waals surface area contributed by atoms with E-state index in [2.05, 4.69) is 18.9 Å². The van der Waals surface area contributed by atoms with Crippen LogP contribution in [0.2, 0.25) is 0 Å². The van der Waals surface area contributed by atoms with Crippen LogP contribution in [0.25, 0.3) is 0 Å². The second kappa shape index (κ2) is 3.85. The summed E-state index contributed by atoms with van der Waals surface area (Å²) in [6.07, 6.45) is 5.83. The van der Waals surface area contributed by atoms with Gasteiger partial charge in [0.1, 0.15) is 0 Å². The standard InChI is InChI=1S/C10H12O/c1-3-5-9(2)8-10-6-4-7-11-10/h5,8H,1-2,4,6-7H2/b10-8+. The lowest BCUT2D eigenvalue weighted by molar-refractivity contribution is 0.263. The smallest absolute Gasteiger partial charge is 0.0966 e. The molecule has 0 spiro atoms. The molecule has 0 atom stereocenters. The van der Waals surface area contributed by atoms with Gasteiger partial charge in [-0.25, -0.2) is 0 Å². The molecular weight excluding hydrogens is 136 g/mol. The molecule has 1 heteroatoms. The van der Waals surface area contributed by atoms with E-state index in [4.69, 9.17) is 4.74 Å². The fraction of sp³-hybridized carbons (Fsp3) is 0.300. The highest BCUT2D eigenvalue weighted by atomic mass is 16.5. The minimum atomic E-state index is 0.844. The van der Waals surface area contributed by atoms with Crippen molar-refractivity contribution in [1.29, 1.82) is 0 Å². The summed E-state index contributed by atoms with van der Waals surface area (Å²) < 4.78 is 5.30. The van der Waals surface area contributed by atoms with Gasteiger partial charge >= 0.3 is 0 Å². The fourth-order valence-corrected chi connectivity index (χ4v) is 1.02. The van der Waals surface area contributed by atoms with Gasteiger partial charge < -0.3 is 4.74 Å². The molecule has 0 N–H and O–H groups in total. The molecule has 0 radical (unpaired) electrons. The Morgan fingerprint density at radius 1 is 1.64 bits per heavy atom. The summed E-state index contributed by atoms with van der Waals surface area (Å²) in [5.41, 5.74) is 3.57. The average molecular weight is 148 g/mol. The zero-order valence-electron chi connectivity index (χ0n) is 6.60. The Morgan fingerprint density at radius 3 is 3.00 bits per heavy atom. The van der Waals surface area contributed by atoms with Crippen molar-refractivity contribution in [2.24, 2.45) is 0 Å². The number of hydrogen-bond acceptors (Lipinski definition) is 1. The van der Waals surface area contributed by atoms with Gasteiger partial charge in [0.05, 0.1) is 12.4 Å². The monoisotopic (exact) mass is 148 g/mol. The van der Waals surface area contributed by atoms with Crippen LogP contribution in [0.1, 0.15) is 12.8 Å². The third-order valence-electron chi connectivity index (χ3n) is 1.49. The van der Waals surface area contributed by atoms with E-state index in [9.17, 15) is 0 Å². The molecule has 0 aromatic carbocycles. The van der Waals surface area contributed by atoms with E-state index < -0.39 is 0 Å². The molecule has 1 aliphatic rings. The van der Waals surface area contributed by atoms with Crippen LogP contribution in [-0.4, -0.2) is 6.61 Å². The normalized spacial score (nSPS) is 19.1. The zero-order valence-corrected chi connectivity index (χ0v) is 6.60. The Kier molecular flexibility index (Phi) is 2.76. The van der Waals surface area contributed by atoms with Gasteiger partial charge in [0.25, 0.3) is 0 Å². The predicted octanol–water partition coefficient (Wildman–Crippen LogP) is 2.58. The van der Waals surface area contributed by atoms with Crippen LogP contribution in [0.4, 0.5) is 0 Å². The van der Waals surface area contributed by atoms with Crippen molar-refractivity contribution in [1.82, 2.24) is 0 Å². The molecule has 0 aliphatic carbocycles. The summed E-state index contributed by atoms with van der Waals surface area (Å²) in [6, 6.07) is 0. The van der Waals surface area contributed by atoms with E-state index in [0.717, 1.165) is 30.8 Å². The van der Waals surface area contributed by atoms with E-state index in [1.165, 1.54) is 0 Å². The molecule has 1 heterocycles. The number of allylic oxidation sites excluding steroid dienone is 4. The molecule has 0 saturated carbocycles. The number of hydrogen-bond donors (Lipinski definition) is 0. The van der Waals surface area contributed by atoms with Crippen LogP contribution in [0.5, 0.6) is 0 Å². The molecule has 0 aromatic rings. The molecule has 58 valence electrons. The topological polar surface area (TPSA) is 9.23 Å². The van der Waals surface area contributed by atoms with E-state index in [0.29, 0.717) is 0 Å². The molecule has 0 aromatic heterocycles. The molecule has 1 saturated heterocycles. The van der Waals surface area contributed by atoms with Crippen molar-refractivity contribution < 1.29 is 4.74 Å². The van der Waals surface area contributed by atoms with Gasteiger partial charge in [0, 0.05) is 6.42 Å². The molecular formula is C10H12O. The van der Waals surface area contributed by atoms with Crippen LogP contribution < -0.4 is 0 Å². The van der Waals surface area contributed by atoms with Gasteiger partial charge in [-0.3, -0.25) is 0 Å². The van der Waals surface area contributed by atoms with Crippen LogP contribution >= 0.6 is 0 Å². The van der Waals surface area contributed by atoms with Crippen LogP contribution in [0.15, 0.2) is 42.4 Å². The lowest BCUT2D eigenvalue weighted by Gasteiger charge is -1.95. The maximum absolute atomic E-state index is 5.30. The first kappa shape index (κ1) is 7.90. The summed E-state index contributed by atoms with van der Waals surface area (Å²) in [4.78, 5) is 0. The Balaban J connectivity index is 2.56. The third-order valence-corrected chi connectivity index (χ3v) is 1.49.